The van der Waals surface area contributed by atoms with Crippen molar-refractivity contribution in [1.29, 1.82) is 0 Å². The van der Waals surface area contributed by atoms with Gasteiger partial charge >= 0.3 is 0 Å². The lowest BCUT2D eigenvalue weighted by molar-refractivity contribution is 0.502. The van der Waals surface area contributed by atoms with Crippen LogP contribution in [0.2, 0.25) is 0 Å². The third kappa shape index (κ3) is 6.42. The first kappa shape index (κ1) is 15.8. The van der Waals surface area contributed by atoms with Gasteiger partial charge in [-0.1, -0.05) is 39.8 Å². The van der Waals surface area contributed by atoms with Gasteiger partial charge in [-0.25, -0.2) is 0 Å². The van der Waals surface area contributed by atoms with E-state index in [0.29, 0.717) is 11.8 Å². The summed E-state index contributed by atoms with van der Waals surface area (Å²) in [6.45, 7) is 17.0. The number of thioether (sulfide) groups is 1. The van der Waals surface area contributed by atoms with E-state index in [9.17, 15) is 0 Å². The molecule has 0 aliphatic rings. The first-order valence-corrected chi connectivity index (χ1v) is 7.46. The molecule has 0 radical (unpaired) electrons. The van der Waals surface area contributed by atoms with Crippen LogP contribution >= 0.6 is 11.8 Å². The molecule has 0 rings (SSSR count). The minimum atomic E-state index is 0.633. The Labute approximate surface area is 107 Å². The van der Waals surface area contributed by atoms with Gasteiger partial charge in [-0.2, -0.15) is 11.8 Å². The molecule has 1 heteroatoms. The third-order valence-corrected chi connectivity index (χ3v) is 5.00. The Morgan fingerprint density at radius 1 is 1.06 bits per heavy atom. The second-order valence-corrected chi connectivity index (χ2v) is 6.33. The van der Waals surface area contributed by atoms with E-state index in [1.807, 2.05) is 0 Å². The van der Waals surface area contributed by atoms with Crippen LogP contribution in [0.5, 0.6) is 0 Å². The van der Waals surface area contributed by atoms with E-state index in [-0.39, 0.29) is 0 Å². The number of hydrogen-bond donors (Lipinski definition) is 0. The highest BCUT2D eigenvalue weighted by Crippen LogP contribution is 2.26. The standard InChI is InChI=1S/C15H28S/c1-7-14(8-2)10-15(9-3)11-16-13(6)12(4)5/h7,9,12-15H,1,3,8,10-11H2,2,4-6H3. The van der Waals surface area contributed by atoms with Crippen LogP contribution in [-0.4, -0.2) is 11.0 Å². The molecular weight excluding hydrogens is 212 g/mol. The molecule has 0 bridgehead atoms. The van der Waals surface area contributed by atoms with Gasteiger partial charge in [0, 0.05) is 5.25 Å². The summed E-state index contributed by atoms with van der Waals surface area (Å²) in [5.74, 6) is 3.25. The third-order valence-electron chi connectivity index (χ3n) is 3.31. The summed E-state index contributed by atoms with van der Waals surface area (Å²) in [6.07, 6.45) is 6.61. The Kier molecular flexibility index (Phi) is 8.83. The zero-order valence-electron chi connectivity index (χ0n) is 11.4. The lowest BCUT2D eigenvalue weighted by Gasteiger charge is -2.20. The molecule has 0 aromatic carbocycles. The van der Waals surface area contributed by atoms with Gasteiger partial charge in [-0.3, -0.25) is 0 Å². The van der Waals surface area contributed by atoms with E-state index in [1.54, 1.807) is 0 Å². The fraction of sp³-hybridized carbons (Fsp3) is 0.733. The molecule has 0 spiro atoms. The lowest BCUT2D eigenvalue weighted by atomic mass is 9.94. The van der Waals surface area contributed by atoms with E-state index < -0.39 is 0 Å². The van der Waals surface area contributed by atoms with Crippen molar-refractivity contribution >= 4 is 11.8 Å². The predicted octanol–water partition coefficient (Wildman–Crippen LogP) is 5.17. The summed E-state index contributed by atoms with van der Waals surface area (Å²) in [5.41, 5.74) is 0. The van der Waals surface area contributed by atoms with Crippen molar-refractivity contribution in [3.63, 3.8) is 0 Å². The van der Waals surface area contributed by atoms with E-state index in [0.717, 1.165) is 11.2 Å². The summed E-state index contributed by atoms with van der Waals surface area (Å²) in [7, 11) is 0. The van der Waals surface area contributed by atoms with E-state index >= 15 is 0 Å². The Hall–Kier alpha value is -0.170. The molecule has 0 aromatic heterocycles. The Balaban J connectivity index is 4.00. The molecule has 0 fully saturated rings. The van der Waals surface area contributed by atoms with Crippen molar-refractivity contribution in [3.8, 4) is 0 Å². The minimum Gasteiger partial charge on any atom is -0.158 e. The van der Waals surface area contributed by atoms with E-state index in [4.69, 9.17) is 0 Å². The first-order valence-electron chi connectivity index (χ1n) is 6.41. The molecule has 0 nitrogen and oxygen atoms in total. The Bertz CT molecular complexity index is 196. The topological polar surface area (TPSA) is 0 Å². The maximum absolute atomic E-state index is 3.96. The van der Waals surface area contributed by atoms with Gasteiger partial charge in [0.25, 0.3) is 0 Å². The molecule has 94 valence electrons. The molecule has 0 heterocycles. The molecule has 0 saturated heterocycles. The smallest absolute Gasteiger partial charge is 0.00419 e. The molecule has 0 aliphatic heterocycles. The van der Waals surface area contributed by atoms with E-state index in [2.05, 4.69) is 64.8 Å². The lowest BCUT2D eigenvalue weighted by Crippen LogP contribution is -2.12. The van der Waals surface area contributed by atoms with Crippen LogP contribution in [0.4, 0.5) is 0 Å². The van der Waals surface area contributed by atoms with Crippen LogP contribution in [0.3, 0.4) is 0 Å². The monoisotopic (exact) mass is 240 g/mol. The summed E-state index contributed by atoms with van der Waals surface area (Å²) in [5, 5.41) is 0.742. The second-order valence-electron chi connectivity index (χ2n) is 4.92. The highest BCUT2D eigenvalue weighted by molar-refractivity contribution is 7.99. The van der Waals surface area contributed by atoms with Crippen LogP contribution < -0.4 is 0 Å². The van der Waals surface area contributed by atoms with Gasteiger partial charge in [-0.05, 0) is 36.3 Å². The SMILES string of the molecule is C=CC(CC)CC(C=C)CSC(C)C(C)C. The maximum atomic E-state index is 3.96. The van der Waals surface area contributed by atoms with Crippen LogP contribution in [0.25, 0.3) is 0 Å². The normalized spacial score (nSPS) is 16.8. The van der Waals surface area contributed by atoms with Gasteiger partial charge in [0.2, 0.25) is 0 Å². The molecule has 0 aliphatic carbocycles. The molecule has 16 heavy (non-hydrogen) atoms. The van der Waals surface area contributed by atoms with Crippen molar-refractivity contribution in [2.24, 2.45) is 17.8 Å². The van der Waals surface area contributed by atoms with Crippen molar-refractivity contribution in [3.05, 3.63) is 25.3 Å². The highest BCUT2D eigenvalue weighted by Gasteiger charge is 2.13. The average molecular weight is 240 g/mol. The molecule has 0 amide bonds. The summed E-state index contributed by atoms with van der Waals surface area (Å²) >= 11 is 2.07. The molecular formula is C15H28S. The predicted molar refractivity (Wildman–Crippen MR) is 79.0 cm³/mol. The van der Waals surface area contributed by atoms with Crippen molar-refractivity contribution in [1.82, 2.24) is 0 Å². The molecule has 0 N–H and O–H groups in total. The van der Waals surface area contributed by atoms with Crippen LogP contribution in [0, 0.1) is 17.8 Å². The quantitative estimate of drug-likeness (QED) is 0.501. The number of hydrogen-bond acceptors (Lipinski definition) is 1. The Morgan fingerprint density at radius 3 is 2.00 bits per heavy atom. The molecule has 0 saturated carbocycles. The van der Waals surface area contributed by atoms with Gasteiger partial charge in [0.05, 0.1) is 0 Å². The summed E-state index contributed by atoms with van der Waals surface area (Å²) < 4.78 is 0. The summed E-state index contributed by atoms with van der Waals surface area (Å²) in [6, 6.07) is 0. The van der Waals surface area contributed by atoms with Crippen LogP contribution in [0.15, 0.2) is 25.3 Å². The van der Waals surface area contributed by atoms with Crippen molar-refractivity contribution < 1.29 is 0 Å². The number of rotatable bonds is 9. The number of allylic oxidation sites excluding steroid dienone is 2. The molecule has 3 unspecified atom stereocenters. The van der Waals surface area contributed by atoms with Crippen molar-refractivity contribution in [2.75, 3.05) is 5.75 Å². The summed E-state index contributed by atoms with van der Waals surface area (Å²) in [4.78, 5) is 0. The van der Waals surface area contributed by atoms with Crippen LogP contribution in [0.1, 0.15) is 40.5 Å². The molecule has 3 atom stereocenters. The van der Waals surface area contributed by atoms with Gasteiger partial charge in [0.1, 0.15) is 0 Å². The van der Waals surface area contributed by atoms with Gasteiger partial charge in [0.15, 0.2) is 0 Å². The van der Waals surface area contributed by atoms with Gasteiger partial charge < -0.3 is 0 Å². The fourth-order valence-corrected chi connectivity index (χ4v) is 2.73. The fourth-order valence-electron chi connectivity index (χ4n) is 1.52. The largest absolute Gasteiger partial charge is 0.158 e. The minimum absolute atomic E-state index is 0.633. The van der Waals surface area contributed by atoms with E-state index in [1.165, 1.54) is 18.6 Å². The molecule has 0 aromatic rings. The zero-order valence-corrected chi connectivity index (χ0v) is 12.2. The zero-order chi connectivity index (χ0) is 12.6. The van der Waals surface area contributed by atoms with Crippen LogP contribution in [-0.2, 0) is 0 Å². The maximum Gasteiger partial charge on any atom is 0.00419 e. The highest BCUT2D eigenvalue weighted by atomic mass is 32.2. The Morgan fingerprint density at radius 2 is 1.62 bits per heavy atom. The first-order chi connectivity index (χ1) is 7.54. The average Bonchev–Trinajstić information content (AvgIpc) is 2.29. The van der Waals surface area contributed by atoms with Crippen molar-refractivity contribution in [2.45, 2.75) is 45.8 Å². The second kappa shape index (κ2) is 8.92. The van der Waals surface area contributed by atoms with Gasteiger partial charge in [-0.15, -0.1) is 13.2 Å².